The van der Waals surface area contributed by atoms with Gasteiger partial charge in [0.15, 0.2) is 5.58 Å². The average Bonchev–Trinajstić information content (AvgIpc) is 3.21. The Kier molecular flexibility index (Phi) is 4.23. The number of hydrogen-bond acceptors (Lipinski definition) is 2. The third-order valence-electron chi connectivity index (χ3n) is 6.62. The van der Waals surface area contributed by atoms with Crippen molar-refractivity contribution in [3.8, 4) is 0 Å². The molecule has 0 saturated heterocycles. The van der Waals surface area contributed by atoms with Crippen molar-refractivity contribution in [1.29, 1.82) is 0 Å². The number of benzene rings is 4. The third kappa shape index (κ3) is 2.87. The first kappa shape index (κ1) is 17.6. The minimum absolute atomic E-state index is 0.594. The van der Waals surface area contributed by atoms with Gasteiger partial charge in [-0.15, -0.1) is 0 Å². The number of nitrogens with one attached hydrogen (secondary N) is 1. The zero-order valence-electron chi connectivity index (χ0n) is 17.0. The SMILES string of the molecule is c1ccc(Nc2cccc3c2oc2c(C4CCCCC4)cc4ccccc4c23)cc1. The van der Waals surface area contributed by atoms with Crippen LogP contribution in [0.3, 0.4) is 0 Å². The molecule has 1 fully saturated rings. The fourth-order valence-electron chi connectivity index (χ4n) is 5.17. The van der Waals surface area contributed by atoms with Gasteiger partial charge in [-0.05, 0) is 59.4 Å². The van der Waals surface area contributed by atoms with E-state index < -0.39 is 0 Å². The van der Waals surface area contributed by atoms with E-state index >= 15 is 0 Å². The van der Waals surface area contributed by atoms with Crippen molar-refractivity contribution < 1.29 is 4.42 Å². The second-order valence-electron chi connectivity index (χ2n) is 8.50. The molecule has 1 saturated carbocycles. The monoisotopic (exact) mass is 391 g/mol. The molecule has 0 radical (unpaired) electrons. The normalized spacial score (nSPS) is 15.2. The first-order valence-corrected chi connectivity index (χ1v) is 11.1. The molecule has 0 atom stereocenters. The number of rotatable bonds is 3. The molecule has 148 valence electrons. The van der Waals surface area contributed by atoms with Crippen molar-refractivity contribution in [2.75, 3.05) is 5.32 Å². The summed E-state index contributed by atoms with van der Waals surface area (Å²) < 4.78 is 6.69. The molecule has 0 bridgehead atoms. The van der Waals surface area contributed by atoms with Crippen LogP contribution < -0.4 is 5.32 Å². The van der Waals surface area contributed by atoms with Gasteiger partial charge < -0.3 is 9.73 Å². The number of anilines is 2. The molecule has 2 heteroatoms. The highest BCUT2D eigenvalue weighted by atomic mass is 16.3. The van der Waals surface area contributed by atoms with E-state index in [1.807, 2.05) is 6.07 Å². The molecule has 0 unspecified atom stereocenters. The molecular weight excluding hydrogens is 366 g/mol. The van der Waals surface area contributed by atoms with Gasteiger partial charge in [0.2, 0.25) is 0 Å². The molecule has 30 heavy (non-hydrogen) atoms. The Bertz CT molecular complexity index is 1340. The number of fused-ring (bicyclic) bond motifs is 5. The molecule has 6 rings (SSSR count). The van der Waals surface area contributed by atoms with Crippen LogP contribution in [0.1, 0.15) is 43.6 Å². The fraction of sp³-hybridized carbons (Fsp3) is 0.214. The van der Waals surface area contributed by atoms with E-state index in [0.29, 0.717) is 5.92 Å². The smallest absolute Gasteiger partial charge is 0.158 e. The number of furan rings is 1. The molecule has 5 aromatic rings. The van der Waals surface area contributed by atoms with Gasteiger partial charge in [0.25, 0.3) is 0 Å². The van der Waals surface area contributed by atoms with Gasteiger partial charge in [0.1, 0.15) is 5.58 Å². The molecule has 2 nitrogen and oxygen atoms in total. The molecule has 1 N–H and O–H groups in total. The van der Waals surface area contributed by atoms with Gasteiger partial charge >= 0.3 is 0 Å². The molecule has 4 aromatic carbocycles. The van der Waals surface area contributed by atoms with Crippen molar-refractivity contribution in [2.45, 2.75) is 38.0 Å². The van der Waals surface area contributed by atoms with E-state index in [9.17, 15) is 0 Å². The fourth-order valence-corrected chi connectivity index (χ4v) is 5.17. The van der Waals surface area contributed by atoms with Crippen LogP contribution >= 0.6 is 0 Å². The Labute approximate surface area is 176 Å². The molecular formula is C28H25NO. The summed E-state index contributed by atoms with van der Waals surface area (Å²) in [6.07, 6.45) is 6.53. The maximum atomic E-state index is 6.69. The summed E-state index contributed by atoms with van der Waals surface area (Å²) >= 11 is 0. The summed E-state index contributed by atoms with van der Waals surface area (Å²) in [6, 6.07) is 27.9. The van der Waals surface area contributed by atoms with Crippen LogP contribution in [0, 0.1) is 0 Å². The third-order valence-corrected chi connectivity index (χ3v) is 6.62. The Morgan fingerprint density at radius 3 is 2.33 bits per heavy atom. The van der Waals surface area contributed by atoms with Gasteiger partial charge in [0.05, 0.1) is 5.69 Å². The molecule has 0 aliphatic heterocycles. The Morgan fingerprint density at radius 2 is 1.47 bits per heavy atom. The molecule has 1 aliphatic rings. The average molecular weight is 392 g/mol. The van der Waals surface area contributed by atoms with Crippen LogP contribution in [-0.2, 0) is 0 Å². The predicted molar refractivity (Wildman–Crippen MR) is 127 cm³/mol. The van der Waals surface area contributed by atoms with Crippen LogP contribution in [0.5, 0.6) is 0 Å². The van der Waals surface area contributed by atoms with Gasteiger partial charge in [-0.2, -0.15) is 0 Å². The minimum Gasteiger partial charge on any atom is -0.454 e. The second-order valence-corrected chi connectivity index (χ2v) is 8.50. The summed E-state index contributed by atoms with van der Waals surface area (Å²) in [4.78, 5) is 0. The van der Waals surface area contributed by atoms with Gasteiger partial charge in [-0.3, -0.25) is 0 Å². The van der Waals surface area contributed by atoms with Crippen LogP contribution in [0.25, 0.3) is 32.7 Å². The Morgan fingerprint density at radius 1 is 0.700 bits per heavy atom. The molecule has 0 amide bonds. The topological polar surface area (TPSA) is 25.2 Å². The predicted octanol–water partition coefficient (Wildman–Crippen LogP) is 8.53. The van der Waals surface area contributed by atoms with Gasteiger partial charge in [-0.25, -0.2) is 0 Å². The first-order chi connectivity index (χ1) is 14.9. The van der Waals surface area contributed by atoms with Crippen molar-refractivity contribution >= 4 is 44.1 Å². The van der Waals surface area contributed by atoms with Crippen molar-refractivity contribution in [3.05, 3.63) is 84.4 Å². The highest BCUT2D eigenvalue weighted by Crippen LogP contribution is 2.44. The Balaban J connectivity index is 1.63. The van der Waals surface area contributed by atoms with E-state index in [4.69, 9.17) is 4.42 Å². The van der Waals surface area contributed by atoms with E-state index in [0.717, 1.165) is 22.5 Å². The van der Waals surface area contributed by atoms with E-state index in [2.05, 4.69) is 78.1 Å². The summed E-state index contributed by atoms with van der Waals surface area (Å²) in [5.41, 5.74) is 5.52. The van der Waals surface area contributed by atoms with Crippen molar-refractivity contribution in [3.63, 3.8) is 0 Å². The van der Waals surface area contributed by atoms with E-state index in [1.54, 1.807) is 0 Å². The van der Waals surface area contributed by atoms with Crippen LogP contribution in [0.4, 0.5) is 11.4 Å². The zero-order chi connectivity index (χ0) is 19.9. The lowest BCUT2D eigenvalue weighted by molar-refractivity contribution is 0.442. The lowest BCUT2D eigenvalue weighted by Gasteiger charge is -2.22. The molecule has 1 heterocycles. The number of para-hydroxylation sites is 2. The number of hydrogen-bond donors (Lipinski definition) is 1. The molecule has 0 spiro atoms. The highest BCUT2D eigenvalue weighted by Gasteiger charge is 2.23. The Hall–Kier alpha value is -3.26. The highest BCUT2D eigenvalue weighted by molar-refractivity contribution is 6.21. The largest absolute Gasteiger partial charge is 0.454 e. The lowest BCUT2D eigenvalue weighted by Crippen LogP contribution is -2.04. The van der Waals surface area contributed by atoms with E-state index in [1.165, 1.54) is 59.2 Å². The second kappa shape index (κ2) is 7.21. The summed E-state index contributed by atoms with van der Waals surface area (Å²) in [7, 11) is 0. The van der Waals surface area contributed by atoms with Gasteiger partial charge in [0, 0.05) is 16.5 Å². The summed E-state index contributed by atoms with van der Waals surface area (Å²) in [5.74, 6) is 0.594. The van der Waals surface area contributed by atoms with Crippen molar-refractivity contribution in [1.82, 2.24) is 0 Å². The molecule has 1 aliphatic carbocycles. The quantitative estimate of drug-likeness (QED) is 0.333. The summed E-state index contributed by atoms with van der Waals surface area (Å²) in [6.45, 7) is 0. The first-order valence-electron chi connectivity index (χ1n) is 11.1. The molecule has 1 aromatic heterocycles. The maximum Gasteiger partial charge on any atom is 0.158 e. The zero-order valence-corrected chi connectivity index (χ0v) is 17.0. The lowest BCUT2D eigenvalue weighted by atomic mass is 9.82. The maximum absolute atomic E-state index is 6.69. The summed E-state index contributed by atoms with van der Waals surface area (Å²) in [5, 5.41) is 8.61. The standard InChI is InChI=1S/C28H25NO/c1-3-10-19(11-4-1)24-18-20-12-7-8-15-22(20)26-23-16-9-17-25(27(23)30-28(24)26)29-21-13-5-2-6-14-21/h2,5-9,12-19,29H,1,3-4,10-11H2. The van der Waals surface area contributed by atoms with Crippen LogP contribution in [0.2, 0.25) is 0 Å². The van der Waals surface area contributed by atoms with Crippen LogP contribution in [-0.4, -0.2) is 0 Å². The van der Waals surface area contributed by atoms with Crippen molar-refractivity contribution in [2.24, 2.45) is 0 Å². The minimum atomic E-state index is 0.594. The van der Waals surface area contributed by atoms with Crippen LogP contribution in [0.15, 0.2) is 83.3 Å². The van der Waals surface area contributed by atoms with E-state index in [-0.39, 0.29) is 0 Å². The van der Waals surface area contributed by atoms with Gasteiger partial charge in [-0.1, -0.05) is 73.9 Å².